The second-order valence-electron chi connectivity index (χ2n) is 2.11. The molecule has 1 heteroatoms. The van der Waals surface area contributed by atoms with Gasteiger partial charge in [-0.1, -0.05) is 0 Å². The van der Waals surface area contributed by atoms with Crippen molar-refractivity contribution in [3.63, 3.8) is 0 Å². The average molecular weight is 133 g/mol. The van der Waals surface area contributed by atoms with Gasteiger partial charge >= 0.3 is 0 Å². The van der Waals surface area contributed by atoms with Crippen LogP contribution in [0.2, 0.25) is 0 Å². The Morgan fingerprint density at radius 2 is 2.50 bits per heavy atom. The Balaban J connectivity index is 2.41. The van der Waals surface area contributed by atoms with Crippen molar-refractivity contribution in [2.75, 3.05) is 0 Å². The fourth-order valence-electron chi connectivity index (χ4n) is 0.814. The number of rotatable bonds is 3. The number of carbonyl (C=O) groups excluding carboxylic acids is 1. The van der Waals surface area contributed by atoms with Crippen molar-refractivity contribution in [1.82, 2.24) is 0 Å². The summed E-state index contributed by atoms with van der Waals surface area (Å²) in [6.07, 6.45) is 13.0. The van der Waals surface area contributed by atoms with Crippen LogP contribution >= 0.6 is 0 Å². The van der Waals surface area contributed by atoms with Gasteiger partial charge in [0.15, 0.2) is 0 Å². The summed E-state index contributed by atoms with van der Waals surface area (Å²) in [6.45, 7) is 0. The Hall–Kier alpha value is -1.20. The Morgan fingerprint density at radius 3 is 3.10 bits per heavy atom. The van der Waals surface area contributed by atoms with E-state index in [1.165, 1.54) is 5.57 Å². The predicted molar refractivity (Wildman–Crippen MR) is 40.3 cm³/mol. The SMILES string of the molecule is O=CCCC1=CC=[C+]C=C1. The maximum absolute atomic E-state index is 9.97. The van der Waals surface area contributed by atoms with Gasteiger partial charge in [0.2, 0.25) is 0 Å². The second kappa shape index (κ2) is 3.76. The average Bonchev–Trinajstić information content (AvgIpc) is 2.03. The van der Waals surface area contributed by atoms with Gasteiger partial charge in [-0.2, -0.15) is 0 Å². The highest BCUT2D eigenvalue weighted by molar-refractivity contribution is 5.50. The van der Waals surface area contributed by atoms with Crippen LogP contribution in [0.15, 0.2) is 29.9 Å². The molecule has 0 spiro atoms. The molecule has 0 aromatic carbocycles. The highest BCUT2D eigenvalue weighted by Gasteiger charge is 1.99. The van der Waals surface area contributed by atoms with Gasteiger partial charge in [-0.3, -0.25) is 0 Å². The van der Waals surface area contributed by atoms with Crippen molar-refractivity contribution in [3.05, 3.63) is 36.0 Å². The van der Waals surface area contributed by atoms with E-state index in [1.807, 2.05) is 24.3 Å². The molecule has 0 heterocycles. The van der Waals surface area contributed by atoms with Crippen LogP contribution in [-0.2, 0) is 4.79 Å². The Labute approximate surface area is 60.7 Å². The normalized spacial score (nSPS) is 14.2. The van der Waals surface area contributed by atoms with Crippen LogP contribution < -0.4 is 0 Å². The molecule has 0 bridgehead atoms. The molecule has 0 N–H and O–H groups in total. The Kier molecular flexibility index (Phi) is 2.60. The molecule has 0 saturated heterocycles. The quantitative estimate of drug-likeness (QED) is 0.424. The fourth-order valence-corrected chi connectivity index (χ4v) is 0.814. The zero-order chi connectivity index (χ0) is 7.23. The van der Waals surface area contributed by atoms with Gasteiger partial charge in [-0.05, 0) is 0 Å². The summed E-state index contributed by atoms with van der Waals surface area (Å²) in [5.74, 6) is 0. The topological polar surface area (TPSA) is 17.1 Å². The third-order valence-electron chi connectivity index (χ3n) is 1.34. The van der Waals surface area contributed by atoms with E-state index in [1.54, 1.807) is 0 Å². The summed E-state index contributed by atoms with van der Waals surface area (Å²) >= 11 is 0. The van der Waals surface area contributed by atoms with Crippen LogP contribution in [0.4, 0.5) is 0 Å². The van der Waals surface area contributed by atoms with Crippen molar-refractivity contribution in [2.45, 2.75) is 12.8 Å². The van der Waals surface area contributed by atoms with Gasteiger partial charge in [0, 0.05) is 18.9 Å². The number of hydrogen-bond acceptors (Lipinski definition) is 1. The summed E-state index contributed by atoms with van der Waals surface area (Å²) in [4.78, 5) is 9.97. The summed E-state index contributed by atoms with van der Waals surface area (Å²) in [5, 5.41) is 0. The van der Waals surface area contributed by atoms with E-state index < -0.39 is 0 Å². The van der Waals surface area contributed by atoms with Crippen LogP contribution in [0.3, 0.4) is 0 Å². The largest absolute Gasteiger partial charge is 0.303 e. The molecule has 0 aromatic heterocycles. The van der Waals surface area contributed by atoms with Crippen molar-refractivity contribution < 1.29 is 4.79 Å². The Bertz CT molecular complexity index is 197. The van der Waals surface area contributed by atoms with Gasteiger partial charge < -0.3 is 4.79 Å². The first-order chi connectivity index (χ1) is 4.93. The monoisotopic (exact) mass is 133 g/mol. The summed E-state index contributed by atoms with van der Waals surface area (Å²) < 4.78 is 0. The summed E-state index contributed by atoms with van der Waals surface area (Å²) in [7, 11) is 0. The first-order valence-corrected chi connectivity index (χ1v) is 3.32. The van der Waals surface area contributed by atoms with E-state index in [-0.39, 0.29) is 0 Å². The lowest BCUT2D eigenvalue weighted by atomic mass is 10.1. The zero-order valence-corrected chi connectivity index (χ0v) is 5.71. The number of hydrogen-bond donors (Lipinski definition) is 0. The van der Waals surface area contributed by atoms with E-state index in [4.69, 9.17) is 0 Å². The lowest BCUT2D eigenvalue weighted by molar-refractivity contribution is -0.107. The van der Waals surface area contributed by atoms with Gasteiger partial charge in [0.1, 0.15) is 18.4 Å². The molecular formula is C9H9O+. The molecule has 0 aromatic rings. The van der Waals surface area contributed by atoms with Crippen LogP contribution in [0.25, 0.3) is 0 Å². The highest BCUT2D eigenvalue weighted by atomic mass is 16.1. The van der Waals surface area contributed by atoms with E-state index in [9.17, 15) is 4.79 Å². The standard InChI is InChI=1S/C9H9O/c10-8-4-7-9-5-2-1-3-6-9/h2-3,5-6,8H,4,7H2/q+1. The molecule has 0 atom stereocenters. The van der Waals surface area contributed by atoms with Crippen LogP contribution in [0, 0.1) is 6.08 Å². The van der Waals surface area contributed by atoms with Crippen molar-refractivity contribution in [1.29, 1.82) is 0 Å². The molecule has 1 aliphatic rings. The van der Waals surface area contributed by atoms with Gasteiger partial charge in [-0.25, -0.2) is 0 Å². The van der Waals surface area contributed by atoms with Crippen molar-refractivity contribution >= 4 is 6.29 Å². The third-order valence-corrected chi connectivity index (χ3v) is 1.34. The fraction of sp³-hybridized carbons (Fsp3) is 0.222. The molecule has 1 nitrogen and oxygen atoms in total. The van der Waals surface area contributed by atoms with Gasteiger partial charge in [-0.15, -0.1) is 0 Å². The molecule has 0 fully saturated rings. The molecule has 0 unspecified atom stereocenters. The molecule has 1 aliphatic carbocycles. The number of allylic oxidation sites excluding steroid dienone is 6. The molecular weight excluding hydrogens is 124 g/mol. The minimum absolute atomic E-state index is 0.615. The van der Waals surface area contributed by atoms with E-state index in [0.29, 0.717) is 6.42 Å². The van der Waals surface area contributed by atoms with E-state index >= 15 is 0 Å². The lowest BCUT2D eigenvalue weighted by Gasteiger charge is -1.89. The first kappa shape index (κ1) is 6.91. The van der Waals surface area contributed by atoms with Crippen molar-refractivity contribution in [3.8, 4) is 0 Å². The van der Waals surface area contributed by atoms with Crippen LogP contribution in [0.1, 0.15) is 12.8 Å². The predicted octanol–water partition coefficient (Wildman–Crippen LogP) is 1.82. The number of carbonyl (C=O) groups is 1. The molecule has 0 amide bonds. The van der Waals surface area contributed by atoms with Crippen molar-refractivity contribution in [2.24, 2.45) is 0 Å². The Morgan fingerprint density at radius 1 is 1.60 bits per heavy atom. The minimum Gasteiger partial charge on any atom is -0.303 e. The molecule has 0 radical (unpaired) electrons. The molecule has 0 saturated carbocycles. The first-order valence-electron chi connectivity index (χ1n) is 3.32. The van der Waals surface area contributed by atoms with Gasteiger partial charge in [0.25, 0.3) is 0 Å². The third kappa shape index (κ3) is 1.96. The van der Waals surface area contributed by atoms with Gasteiger partial charge in [0.05, 0.1) is 17.7 Å². The maximum atomic E-state index is 9.97. The molecule has 0 aliphatic heterocycles. The summed E-state index contributed by atoms with van der Waals surface area (Å²) in [5.41, 5.74) is 1.20. The van der Waals surface area contributed by atoms with E-state index in [2.05, 4.69) is 6.08 Å². The van der Waals surface area contributed by atoms with Crippen LogP contribution in [-0.4, -0.2) is 6.29 Å². The lowest BCUT2D eigenvalue weighted by Crippen LogP contribution is -1.82. The van der Waals surface area contributed by atoms with Crippen LogP contribution in [0.5, 0.6) is 0 Å². The zero-order valence-electron chi connectivity index (χ0n) is 5.71. The molecule has 50 valence electrons. The number of aldehydes is 1. The maximum Gasteiger partial charge on any atom is 0.120 e. The highest BCUT2D eigenvalue weighted by Crippen LogP contribution is 2.08. The smallest absolute Gasteiger partial charge is 0.120 e. The second-order valence-corrected chi connectivity index (χ2v) is 2.11. The molecule has 10 heavy (non-hydrogen) atoms. The summed E-state index contributed by atoms with van der Waals surface area (Å²) in [6, 6.07) is 0. The minimum atomic E-state index is 0.615. The van der Waals surface area contributed by atoms with E-state index in [0.717, 1.165) is 12.7 Å². The molecule has 1 rings (SSSR count).